The second-order valence-electron chi connectivity index (χ2n) is 5.32. The maximum atomic E-state index is 12.9. The molecule has 0 radical (unpaired) electrons. The van der Waals surface area contributed by atoms with Gasteiger partial charge in [0.05, 0.1) is 0 Å². The minimum absolute atomic E-state index is 0.0760. The smallest absolute Gasteiger partial charge is 0.194 e. The van der Waals surface area contributed by atoms with Crippen LogP contribution >= 0.6 is 0 Å². The van der Waals surface area contributed by atoms with Gasteiger partial charge in [-0.25, -0.2) is 0 Å². The van der Waals surface area contributed by atoms with Crippen LogP contribution in [-0.2, 0) is 12.8 Å². The zero-order valence-corrected chi connectivity index (χ0v) is 12.3. The number of allylic oxidation sites excluding steroid dienone is 2. The van der Waals surface area contributed by atoms with E-state index in [2.05, 4.69) is 13.2 Å². The van der Waals surface area contributed by atoms with Gasteiger partial charge in [0.15, 0.2) is 11.6 Å². The lowest BCUT2D eigenvalue weighted by Gasteiger charge is -2.21. The van der Waals surface area contributed by atoms with Gasteiger partial charge >= 0.3 is 0 Å². The standard InChI is InChI=1S/C20H16O2/c1-3-7-13-11-12-17-18(14(13)8-4-2)20(22)16-10-6-5-9-15(16)19(17)21/h3-6,9-12H,1-2,7-8H2. The highest BCUT2D eigenvalue weighted by Crippen LogP contribution is 2.31. The van der Waals surface area contributed by atoms with Crippen LogP contribution in [0.5, 0.6) is 0 Å². The molecule has 108 valence electrons. The zero-order chi connectivity index (χ0) is 15.7. The van der Waals surface area contributed by atoms with Gasteiger partial charge in [-0.2, -0.15) is 0 Å². The number of benzene rings is 2. The molecule has 2 nitrogen and oxygen atoms in total. The molecule has 0 fully saturated rings. The lowest BCUT2D eigenvalue weighted by molar-refractivity contribution is 0.0978. The third kappa shape index (κ3) is 2.04. The first-order chi connectivity index (χ1) is 10.7. The normalized spacial score (nSPS) is 12.5. The van der Waals surface area contributed by atoms with Crippen molar-refractivity contribution in [1.82, 2.24) is 0 Å². The number of fused-ring (bicyclic) bond motifs is 2. The fraction of sp³-hybridized carbons (Fsp3) is 0.100. The molecule has 0 heterocycles. The van der Waals surface area contributed by atoms with Crippen molar-refractivity contribution in [3.63, 3.8) is 0 Å². The predicted molar refractivity (Wildman–Crippen MR) is 87.6 cm³/mol. The second-order valence-corrected chi connectivity index (χ2v) is 5.32. The van der Waals surface area contributed by atoms with Crippen molar-refractivity contribution in [3.8, 4) is 0 Å². The number of carbonyl (C=O) groups is 2. The minimum Gasteiger partial charge on any atom is -0.289 e. The lowest BCUT2D eigenvalue weighted by Crippen LogP contribution is -2.23. The fourth-order valence-corrected chi connectivity index (χ4v) is 3.02. The molecule has 0 spiro atoms. The van der Waals surface area contributed by atoms with Crippen LogP contribution in [0.15, 0.2) is 61.7 Å². The van der Waals surface area contributed by atoms with Crippen LogP contribution < -0.4 is 0 Å². The van der Waals surface area contributed by atoms with Gasteiger partial charge in [0.1, 0.15) is 0 Å². The fourth-order valence-electron chi connectivity index (χ4n) is 3.02. The zero-order valence-electron chi connectivity index (χ0n) is 12.3. The third-order valence-electron chi connectivity index (χ3n) is 4.01. The summed E-state index contributed by atoms with van der Waals surface area (Å²) >= 11 is 0. The Kier molecular flexibility index (Phi) is 3.60. The van der Waals surface area contributed by atoms with Crippen molar-refractivity contribution in [2.75, 3.05) is 0 Å². The quantitative estimate of drug-likeness (QED) is 0.682. The molecular formula is C20H16O2. The van der Waals surface area contributed by atoms with E-state index in [9.17, 15) is 9.59 Å². The molecule has 2 aromatic carbocycles. The Morgan fingerprint density at radius 2 is 1.41 bits per heavy atom. The largest absolute Gasteiger partial charge is 0.289 e. The third-order valence-corrected chi connectivity index (χ3v) is 4.01. The molecular weight excluding hydrogens is 272 g/mol. The van der Waals surface area contributed by atoms with Crippen molar-refractivity contribution < 1.29 is 9.59 Å². The Morgan fingerprint density at radius 3 is 2.05 bits per heavy atom. The van der Waals surface area contributed by atoms with Crippen LogP contribution in [0.25, 0.3) is 0 Å². The number of hydrogen-bond acceptors (Lipinski definition) is 2. The molecule has 2 heteroatoms. The van der Waals surface area contributed by atoms with Gasteiger partial charge in [-0.15, -0.1) is 13.2 Å². The Bertz CT molecular complexity index is 812. The van der Waals surface area contributed by atoms with Crippen molar-refractivity contribution in [2.45, 2.75) is 12.8 Å². The number of hydrogen-bond donors (Lipinski definition) is 0. The lowest BCUT2D eigenvalue weighted by atomic mass is 9.79. The molecule has 0 aliphatic heterocycles. The topological polar surface area (TPSA) is 34.1 Å². The van der Waals surface area contributed by atoms with Crippen molar-refractivity contribution >= 4 is 11.6 Å². The molecule has 1 aliphatic rings. The molecule has 0 saturated carbocycles. The average Bonchev–Trinajstić information content (AvgIpc) is 2.54. The van der Waals surface area contributed by atoms with E-state index in [-0.39, 0.29) is 11.6 Å². The van der Waals surface area contributed by atoms with Crippen LogP contribution in [0.3, 0.4) is 0 Å². The molecule has 0 atom stereocenters. The van der Waals surface area contributed by atoms with Crippen molar-refractivity contribution in [2.24, 2.45) is 0 Å². The number of ketones is 2. The van der Waals surface area contributed by atoms with E-state index in [1.807, 2.05) is 6.07 Å². The highest BCUT2D eigenvalue weighted by Gasteiger charge is 2.31. The van der Waals surface area contributed by atoms with E-state index in [1.165, 1.54) is 0 Å². The van der Waals surface area contributed by atoms with Crippen LogP contribution in [0.2, 0.25) is 0 Å². The summed E-state index contributed by atoms with van der Waals surface area (Å²) in [6, 6.07) is 10.7. The average molecular weight is 288 g/mol. The molecule has 0 aromatic heterocycles. The second kappa shape index (κ2) is 5.57. The molecule has 2 aromatic rings. The molecule has 3 rings (SSSR count). The van der Waals surface area contributed by atoms with Gasteiger partial charge in [0, 0.05) is 22.3 Å². The Hall–Kier alpha value is -2.74. The first-order valence-electron chi connectivity index (χ1n) is 7.24. The summed E-state index contributed by atoms with van der Waals surface area (Å²) in [5, 5.41) is 0. The molecule has 1 aliphatic carbocycles. The maximum absolute atomic E-state index is 12.9. The monoisotopic (exact) mass is 288 g/mol. The molecule has 22 heavy (non-hydrogen) atoms. The van der Waals surface area contributed by atoms with Crippen LogP contribution in [-0.4, -0.2) is 11.6 Å². The van der Waals surface area contributed by atoms with Gasteiger partial charge in [0.2, 0.25) is 0 Å². The summed E-state index contributed by atoms with van der Waals surface area (Å²) < 4.78 is 0. The molecule has 0 N–H and O–H groups in total. The van der Waals surface area contributed by atoms with Gasteiger partial charge in [0.25, 0.3) is 0 Å². The summed E-state index contributed by atoms with van der Waals surface area (Å²) in [5.41, 5.74) is 3.91. The van der Waals surface area contributed by atoms with E-state index in [0.29, 0.717) is 35.1 Å². The van der Waals surface area contributed by atoms with Gasteiger partial charge in [-0.3, -0.25) is 9.59 Å². The Labute approximate surface area is 129 Å². The molecule has 0 unspecified atom stereocenters. The highest BCUT2D eigenvalue weighted by molar-refractivity contribution is 6.29. The van der Waals surface area contributed by atoms with Gasteiger partial charge in [-0.05, 0) is 30.0 Å². The van der Waals surface area contributed by atoms with Crippen LogP contribution in [0.1, 0.15) is 43.0 Å². The van der Waals surface area contributed by atoms with E-state index in [0.717, 1.165) is 11.1 Å². The first-order valence-corrected chi connectivity index (χ1v) is 7.24. The number of carbonyl (C=O) groups excluding carboxylic acids is 2. The van der Waals surface area contributed by atoms with Gasteiger partial charge in [-0.1, -0.05) is 42.5 Å². The minimum atomic E-state index is -0.0827. The number of rotatable bonds is 4. The SMILES string of the molecule is C=CCc1ccc2c(c1CC=C)C(=O)c1ccccc1C2=O. The van der Waals surface area contributed by atoms with Crippen molar-refractivity contribution in [3.05, 3.63) is 95.1 Å². The van der Waals surface area contributed by atoms with E-state index >= 15 is 0 Å². The Morgan fingerprint density at radius 1 is 0.773 bits per heavy atom. The van der Waals surface area contributed by atoms with E-state index < -0.39 is 0 Å². The molecule has 0 bridgehead atoms. The van der Waals surface area contributed by atoms with Gasteiger partial charge < -0.3 is 0 Å². The highest BCUT2D eigenvalue weighted by atomic mass is 16.1. The molecule has 0 amide bonds. The first kappa shape index (κ1) is 14.2. The summed E-state index contributed by atoms with van der Waals surface area (Å²) in [5.74, 6) is -0.159. The summed E-state index contributed by atoms with van der Waals surface area (Å²) in [6.45, 7) is 7.53. The van der Waals surface area contributed by atoms with Crippen LogP contribution in [0.4, 0.5) is 0 Å². The summed E-state index contributed by atoms with van der Waals surface area (Å²) in [7, 11) is 0. The molecule has 0 saturated heterocycles. The van der Waals surface area contributed by atoms with E-state index in [1.54, 1.807) is 42.5 Å². The predicted octanol–water partition coefficient (Wildman–Crippen LogP) is 3.92. The van der Waals surface area contributed by atoms with E-state index in [4.69, 9.17) is 0 Å². The summed E-state index contributed by atoms with van der Waals surface area (Å²) in [6.07, 6.45) is 4.80. The Balaban J connectivity index is 2.30. The van der Waals surface area contributed by atoms with Crippen LogP contribution in [0, 0.1) is 0 Å². The maximum Gasteiger partial charge on any atom is 0.194 e. The van der Waals surface area contributed by atoms with Crippen molar-refractivity contribution in [1.29, 1.82) is 0 Å². The summed E-state index contributed by atoms with van der Waals surface area (Å²) in [4.78, 5) is 25.6.